The molecule has 0 radical (unpaired) electrons. The van der Waals surface area contributed by atoms with Gasteiger partial charge >= 0.3 is 11.9 Å². The number of carbonyl (C=O) groups is 2. The molecule has 0 aliphatic rings. The molecule has 15 heavy (non-hydrogen) atoms. The van der Waals surface area contributed by atoms with Crippen molar-refractivity contribution in [3.63, 3.8) is 0 Å². The van der Waals surface area contributed by atoms with E-state index in [-0.39, 0.29) is 5.57 Å². The van der Waals surface area contributed by atoms with E-state index in [1.54, 1.807) is 20.8 Å². The molecule has 0 amide bonds. The second-order valence-corrected chi connectivity index (χ2v) is 4.49. The topological polar surface area (TPSA) is 89.6 Å². The minimum absolute atomic E-state index is 0.273. The summed E-state index contributed by atoms with van der Waals surface area (Å²) in [5, 5.41) is 8.77. The number of rotatable bonds is 3. The minimum Gasteiger partial charge on any atom is -0.480 e. The maximum atomic E-state index is 11.4. The molecule has 5 heteroatoms. The Kier molecular flexibility index (Phi) is 3.66. The second-order valence-electron chi connectivity index (χ2n) is 4.49. The quantitative estimate of drug-likeness (QED) is 0.534. The highest BCUT2D eigenvalue weighted by atomic mass is 16.6. The summed E-state index contributed by atoms with van der Waals surface area (Å²) >= 11 is 0. The van der Waals surface area contributed by atoms with Crippen LogP contribution in [-0.4, -0.2) is 28.2 Å². The molecule has 0 rings (SSSR count). The first-order chi connectivity index (χ1) is 6.48. The molecule has 1 unspecified atom stereocenters. The van der Waals surface area contributed by atoms with Crippen LogP contribution in [0.1, 0.15) is 27.7 Å². The van der Waals surface area contributed by atoms with Gasteiger partial charge in [-0.2, -0.15) is 0 Å². The number of carboxylic acids is 1. The van der Waals surface area contributed by atoms with Crippen LogP contribution < -0.4 is 5.73 Å². The Morgan fingerprint density at radius 3 is 1.93 bits per heavy atom. The molecular weight excluding hydrogens is 198 g/mol. The monoisotopic (exact) mass is 215 g/mol. The van der Waals surface area contributed by atoms with Crippen molar-refractivity contribution in [2.24, 2.45) is 5.73 Å². The molecule has 0 saturated carbocycles. The summed E-state index contributed by atoms with van der Waals surface area (Å²) in [5.74, 6) is -2.12. The Labute approximate surface area is 88.9 Å². The van der Waals surface area contributed by atoms with Gasteiger partial charge in [0, 0.05) is 0 Å². The zero-order chi connectivity index (χ0) is 12.4. The Hall–Kier alpha value is -1.36. The van der Waals surface area contributed by atoms with E-state index in [1.165, 1.54) is 6.92 Å². The lowest BCUT2D eigenvalue weighted by molar-refractivity contribution is -0.153. The third kappa shape index (κ3) is 3.71. The van der Waals surface area contributed by atoms with E-state index < -0.39 is 23.1 Å². The summed E-state index contributed by atoms with van der Waals surface area (Å²) in [4.78, 5) is 22.2. The first kappa shape index (κ1) is 13.6. The lowest BCUT2D eigenvalue weighted by Crippen LogP contribution is -2.49. The first-order valence-electron chi connectivity index (χ1n) is 4.43. The van der Waals surface area contributed by atoms with Crippen LogP contribution in [0.15, 0.2) is 12.2 Å². The average molecular weight is 215 g/mol. The van der Waals surface area contributed by atoms with Crippen LogP contribution in [0.3, 0.4) is 0 Å². The number of esters is 1. The minimum atomic E-state index is -1.80. The molecule has 0 aromatic carbocycles. The SMILES string of the molecule is C=C(C(=O)OC(C)(C)C)C(C)(N)C(=O)O. The van der Waals surface area contributed by atoms with Gasteiger partial charge in [-0.25, -0.2) is 9.59 Å². The number of nitrogens with two attached hydrogens (primary N) is 1. The predicted octanol–water partition coefficient (Wildman–Crippen LogP) is 0.686. The summed E-state index contributed by atoms with van der Waals surface area (Å²) < 4.78 is 4.95. The van der Waals surface area contributed by atoms with Crippen LogP contribution in [0.25, 0.3) is 0 Å². The predicted molar refractivity (Wildman–Crippen MR) is 55.2 cm³/mol. The number of carbonyl (C=O) groups excluding carboxylic acids is 1. The smallest absolute Gasteiger partial charge is 0.336 e. The normalized spacial score (nSPS) is 15.3. The fraction of sp³-hybridized carbons (Fsp3) is 0.600. The zero-order valence-electron chi connectivity index (χ0n) is 9.46. The molecule has 86 valence electrons. The summed E-state index contributed by atoms with van der Waals surface area (Å²) in [5.41, 5.74) is 2.65. The number of hydrogen-bond acceptors (Lipinski definition) is 4. The van der Waals surface area contributed by atoms with Crippen molar-refractivity contribution in [1.82, 2.24) is 0 Å². The number of ether oxygens (including phenoxy) is 1. The Morgan fingerprint density at radius 1 is 1.27 bits per heavy atom. The molecule has 0 aliphatic carbocycles. The summed E-state index contributed by atoms with van der Waals surface area (Å²) in [6, 6.07) is 0. The van der Waals surface area contributed by atoms with Gasteiger partial charge in [-0.15, -0.1) is 0 Å². The lowest BCUT2D eigenvalue weighted by Gasteiger charge is -2.25. The highest BCUT2D eigenvalue weighted by Gasteiger charge is 2.37. The maximum absolute atomic E-state index is 11.4. The zero-order valence-corrected chi connectivity index (χ0v) is 9.46. The lowest BCUT2D eigenvalue weighted by atomic mass is 9.94. The van der Waals surface area contributed by atoms with E-state index in [0.717, 1.165) is 0 Å². The molecule has 0 heterocycles. The number of hydrogen-bond donors (Lipinski definition) is 2. The van der Waals surface area contributed by atoms with Gasteiger partial charge in [0.25, 0.3) is 0 Å². The fourth-order valence-corrected chi connectivity index (χ4v) is 0.681. The summed E-state index contributed by atoms with van der Waals surface area (Å²) in [6.07, 6.45) is 0. The Bertz CT molecular complexity index is 299. The van der Waals surface area contributed by atoms with Gasteiger partial charge in [-0.05, 0) is 27.7 Å². The highest BCUT2D eigenvalue weighted by Crippen LogP contribution is 2.17. The summed E-state index contributed by atoms with van der Waals surface area (Å²) in [6.45, 7) is 9.57. The molecular formula is C10H17NO4. The third-order valence-electron chi connectivity index (χ3n) is 1.72. The van der Waals surface area contributed by atoms with E-state index in [4.69, 9.17) is 15.6 Å². The van der Waals surface area contributed by atoms with Crippen LogP contribution in [0.5, 0.6) is 0 Å². The second kappa shape index (κ2) is 4.02. The van der Waals surface area contributed by atoms with Crippen molar-refractivity contribution >= 4 is 11.9 Å². The largest absolute Gasteiger partial charge is 0.480 e. The Balaban J connectivity index is 4.75. The number of carboxylic acid groups (broad SMARTS) is 1. The summed E-state index contributed by atoms with van der Waals surface area (Å²) in [7, 11) is 0. The molecule has 1 atom stereocenters. The molecule has 0 spiro atoms. The van der Waals surface area contributed by atoms with E-state index in [1.807, 2.05) is 0 Å². The van der Waals surface area contributed by atoms with Crippen LogP contribution in [0, 0.1) is 0 Å². The Morgan fingerprint density at radius 2 is 1.67 bits per heavy atom. The molecule has 0 bridgehead atoms. The van der Waals surface area contributed by atoms with Gasteiger partial charge < -0.3 is 15.6 Å². The molecule has 3 N–H and O–H groups in total. The van der Waals surface area contributed by atoms with Crippen molar-refractivity contribution in [2.75, 3.05) is 0 Å². The van der Waals surface area contributed by atoms with E-state index in [2.05, 4.69) is 6.58 Å². The van der Waals surface area contributed by atoms with Gasteiger partial charge in [0.05, 0.1) is 5.57 Å². The molecule has 0 fully saturated rings. The van der Waals surface area contributed by atoms with E-state index in [0.29, 0.717) is 0 Å². The molecule has 5 nitrogen and oxygen atoms in total. The standard InChI is InChI=1S/C10H17NO4/c1-6(10(5,11)8(13)14)7(12)15-9(2,3)4/h1,11H2,2-5H3,(H,13,14). The first-order valence-corrected chi connectivity index (χ1v) is 4.43. The molecule has 0 saturated heterocycles. The van der Waals surface area contributed by atoms with Gasteiger partial charge in [0.1, 0.15) is 11.1 Å². The maximum Gasteiger partial charge on any atom is 0.336 e. The molecule has 0 aliphatic heterocycles. The average Bonchev–Trinajstić information content (AvgIpc) is 1.99. The van der Waals surface area contributed by atoms with Crippen LogP contribution in [-0.2, 0) is 14.3 Å². The van der Waals surface area contributed by atoms with Crippen LogP contribution in [0.2, 0.25) is 0 Å². The van der Waals surface area contributed by atoms with E-state index >= 15 is 0 Å². The third-order valence-corrected chi connectivity index (χ3v) is 1.72. The molecule has 0 aromatic heterocycles. The van der Waals surface area contributed by atoms with Crippen molar-refractivity contribution in [2.45, 2.75) is 38.8 Å². The van der Waals surface area contributed by atoms with E-state index in [9.17, 15) is 9.59 Å². The molecule has 0 aromatic rings. The van der Waals surface area contributed by atoms with Crippen molar-refractivity contribution < 1.29 is 19.4 Å². The van der Waals surface area contributed by atoms with Gasteiger partial charge in [-0.1, -0.05) is 6.58 Å². The highest BCUT2D eigenvalue weighted by molar-refractivity contribution is 5.99. The van der Waals surface area contributed by atoms with Crippen molar-refractivity contribution in [3.8, 4) is 0 Å². The van der Waals surface area contributed by atoms with Gasteiger partial charge in [0.15, 0.2) is 0 Å². The van der Waals surface area contributed by atoms with Crippen molar-refractivity contribution in [3.05, 3.63) is 12.2 Å². The van der Waals surface area contributed by atoms with Crippen LogP contribution >= 0.6 is 0 Å². The van der Waals surface area contributed by atoms with Crippen molar-refractivity contribution in [1.29, 1.82) is 0 Å². The number of aliphatic carboxylic acids is 1. The fourth-order valence-electron chi connectivity index (χ4n) is 0.681. The van der Waals surface area contributed by atoms with Gasteiger partial charge in [-0.3, -0.25) is 0 Å². The van der Waals surface area contributed by atoms with Gasteiger partial charge in [0.2, 0.25) is 0 Å². The van der Waals surface area contributed by atoms with Crippen LogP contribution in [0.4, 0.5) is 0 Å².